The van der Waals surface area contributed by atoms with Crippen LogP contribution in [0.25, 0.3) is 0 Å². The molecule has 1 aromatic carbocycles. The SMILES string of the molecule is O=C1NCCCc2ccc(C(Br)C(F)(F)C(F)(F)F)cc21. The fourth-order valence-electron chi connectivity index (χ4n) is 2.11. The van der Waals surface area contributed by atoms with Gasteiger partial charge in [-0.05, 0) is 30.0 Å². The topological polar surface area (TPSA) is 29.1 Å². The van der Waals surface area contributed by atoms with Crippen LogP contribution in [0.5, 0.6) is 0 Å². The first-order valence-corrected chi connectivity index (χ1v) is 7.06. The van der Waals surface area contributed by atoms with Crippen molar-refractivity contribution in [2.75, 3.05) is 6.54 Å². The van der Waals surface area contributed by atoms with Gasteiger partial charge in [-0.3, -0.25) is 4.79 Å². The normalized spacial score (nSPS) is 17.7. The predicted octanol–water partition coefficient (Wildman–Crippen LogP) is 4.00. The molecule has 0 fully saturated rings. The number of rotatable bonds is 2. The molecule has 1 aliphatic rings. The Morgan fingerprint density at radius 3 is 2.48 bits per heavy atom. The van der Waals surface area contributed by atoms with Crippen LogP contribution in [0.1, 0.15) is 32.7 Å². The molecule has 0 saturated heterocycles. The van der Waals surface area contributed by atoms with Gasteiger partial charge in [-0.1, -0.05) is 28.1 Å². The van der Waals surface area contributed by atoms with Gasteiger partial charge in [0.25, 0.3) is 5.91 Å². The van der Waals surface area contributed by atoms with Crippen molar-refractivity contribution in [3.05, 3.63) is 34.9 Å². The number of carbonyl (C=O) groups excluding carboxylic acids is 1. The molecule has 0 spiro atoms. The van der Waals surface area contributed by atoms with Gasteiger partial charge in [0, 0.05) is 12.1 Å². The highest BCUT2D eigenvalue weighted by atomic mass is 79.9. The van der Waals surface area contributed by atoms with Crippen LogP contribution >= 0.6 is 15.9 Å². The van der Waals surface area contributed by atoms with Crippen molar-refractivity contribution in [3.63, 3.8) is 0 Å². The third kappa shape index (κ3) is 3.04. The molecule has 1 atom stereocenters. The molecule has 2 nitrogen and oxygen atoms in total. The molecule has 1 amide bonds. The minimum Gasteiger partial charge on any atom is -0.352 e. The number of fused-ring (bicyclic) bond motifs is 1. The van der Waals surface area contributed by atoms with Gasteiger partial charge in [-0.25, -0.2) is 0 Å². The van der Waals surface area contributed by atoms with Crippen LogP contribution in [-0.2, 0) is 6.42 Å². The van der Waals surface area contributed by atoms with Crippen molar-refractivity contribution >= 4 is 21.8 Å². The molecule has 1 aliphatic heterocycles. The summed E-state index contributed by atoms with van der Waals surface area (Å²) in [6.45, 7) is 0.444. The van der Waals surface area contributed by atoms with Crippen molar-refractivity contribution in [1.29, 1.82) is 0 Å². The Balaban J connectivity index is 2.40. The zero-order valence-corrected chi connectivity index (χ0v) is 12.2. The lowest BCUT2D eigenvalue weighted by Crippen LogP contribution is -2.40. The Hall–Kier alpha value is -1.18. The Labute approximate surface area is 125 Å². The maximum atomic E-state index is 13.3. The second kappa shape index (κ2) is 5.55. The van der Waals surface area contributed by atoms with E-state index in [1.54, 1.807) is 0 Å². The molecule has 2 rings (SSSR count). The van der Waals surface area contributed by atoms with Crippen LogP contribution in [0.15, 0.2) is 18.2 Å². The van der Waals surface area contributed by atoms with Crippen LogP contribution in [-0.4, -0.2) is 24.6 Å². The van der Waals surface area contributed by atoms with Gasteiger partial charge in [-0.2, -0.15) is 22.0 Å². The molecule has 1 N–H and O–H groups in total. The molecular formula is C13H11BrF5NO. The molecule has 116 valence electrons. The molecule has 1 unspecified atom stereocenters. The summed E-state index contributed by atoms with van der Waals surface area (Å²) >= 11 is 2.41. The monoisotopic (exact) mass is 371 g/mol. The van der Waals surface area contributed by atoms with Crippen molar-refractivity contribution in [1.82, 2.24) is 5.32 Å². The van der Waals surface area contributed by atoms with Crippen LogP contribution in [0, 0.1) is 0 Å². The molecule has 21 heavy (non-hydrogen) atoms. The van der Waals surface area contributed by atoms with Gasteiger partial charge in [0.1, 0.15) is 4.83 Å². The van der Waals surface area contributed by atoms with E-state index >= 15 is 0 Å². The molecule has 1 aromatic rings. The number of amides is 1. The zero-order chi connectivity index (χ0) is 15.8. The highest BCUT2D eigenvalue weighted by Crippen LogP contribution is 2.49. The predicted molar refractivity (Wildman–Crippen MR) is 69.8 cm³/mol. The summed E-state index contributed by atoms with van der Waals surface area (Å²) in [6.07, 6.45) is -4.41. The van der Waals surface area contributed by atoms with E-state index in [1.165, 1.54) is 12.1 Å². The van der Waals surface area contributed by atoms with Crippen LogP contribution in [0.4, 0.5) is 22.0 Å². The van der Waals surface area contributed by atoms with Gasteiger partial charge in [-0.15, -0.1) is 0 Å². The van der Waals surface area contributed by atoms with Crippen LogP contribution in [0.2, 0.25) is 0 Å². The lowest BCUT2D eigenvalue weighted by Gasteiger charge is -2.25. The standard InChI is InChI=1S/C13H11BrF5NO/c14-10(12(15,16)13(17,18)19)8-4-3-7-2-1-5-20-11(21)9(7)6-8/h3-4,6,10H,1-2,5H2,(H,20,21). The van der Waals surface area contributed by atoms with Crippen molar-refractivity contribution in [3.8, 4) is 0 Å². The number of alkyl halides is 6. The Morgan fingerprint density at radius 1 is 1.19 bits per heavy atom. The summed E-state index contributed by atoms with van der Waals surface area (Å²) in [6, 6.07) is 3.71. The lowest BCUT2D eigenvalue weighted by atomic mass is 9.97. The quantitative estimate of drug-likeness (QED) is 0.617. The van der Waals surface area contributed by atoms with Gasteiger partial charge >= 0.3 is 12.1 Å². The fourth-order valence-corrected chi connectivity index (χ4v) is 2.65. The second-order valence-electron chi connectivity index (χ2n) is 4.76. The van der Waals surface area contributed by atoms with Gasteiger partial charge in [0.15, 0.2) is 0 Å². The average Bonchev–Trinajstić information content (AvgIpc) is 2.58. The third-order valence-electron chi connectivity index (χ3n) is 3.28. The van der Waals surface area contributed by atoms with Crippen LogP contribution in [0.3, 0.4) is 0 Å². The summed E-state index contributed by atoms with van der Waals surface area (Å²) < 4.78 is 63.9. The maximum absolute atomic E-state index is 13.3. The molecule has 0 aromatic heterocycles. The first-order chi connectivity index (χ1) is 9.64. The lowest BCUT2D eigenvalue weighted by molar-refractivity contribution is -0.281. The Bertz CT molecular complexity index is 558. The first kappa shape index (κ1) is 16.2. The van der Waals surface area contributed by atoms with E-state index in [0.29, 0.717) is 24.9 Å². The highest BCUT2D eigenvalue weighted by Gasteiger charge is 2.62. The van der Waals surface area contributed by atoms with E-state index in [9.17, 15) is 26.7 Å². The average molecular weight is 372 g/mol. The van der Waals surface area contributed by atoms with E-state index in [2.05, 4.69) is 21.2 Å². The fraction of sp³-hybridized carbons (Fsp3) is 0.462. The van der Waals surface area contributed by atoms with Gasteiger partial charge < -0.3 is 5.32 Å². The minimum atomic E-state index is -5.67. The molecule has 0 bridgehead atoms. The second-order valence-corrected chi connectivity index (χ2v) is 5.67. The Morgan fingerprint density at radius 2 is 1.86 bits per heavy atom. The number of aryl methyl sites for hydroxylation is 1. The summed E-state index contributed by atoms with van der Waals surface area (Å²) in [4.78, 5) is 9.55. The molecular weight excluding hydrogens is 361 g/mol. The third-order valence-corrected chi connectivity index (χ3v) is 4.38. The smallest absolute Gasteiger partial charge is 0.352 e. The summed E-state index contributed by atoms with van der Waals surface area (Å²) in [5, 5.41) is 2.57. The molecule has 1 heterocycles. The van der Waals surface area contributed by atoms with Crippen LogP contribution < -0.4 is 5.32 Å². The summed E-state index contributed by atoms with van der Waals surface area (Å²) in [5.41, 5.74) is 0.504. The van der Waals surface area contributed by atoms with Crippen molar-refractivity contribution in [2.45, 2.75) is 29.8 Å². The molecule has 8 heteroatoms. The number of hydrogen-bond donors (Lipinski definition) is 1. The van der Waals surface area contributed by atoms with E-state index in [4.69, 9.17) is 0 Å². The van der Waals surface area contributed by atoms with E-state index < -0.39 is 22.8 Å². The maximum Gasteiger partial charge on any atom is 0.454 e. The van der Waals surface area contributed by atoms with E-state index in [1.807, 2.05) is 0 Å². The highest BCUT2D eigenvalue weighted by molar-refractivity contribution is 9.09. The summed E-state index contributed by atoms with van der Waals surface area (Å²) in [7, 11) is 0. The molecule has 0 radical (unpaired) electrons. The number of carbonyl (C=O) groups is 1. The van der Waals surface area contributed by atoms with Gasteiger partial charge in [0.05, 0.1) is 0 Å². The molecule has 0 saturated carbocycles. The summed E-state index contributed by atoms with van der Waals surface area (Å²) in [5.74, 6) is -5.39. The minimum absolute atomic E-state index is 0.146. The largest absolute Gasteiger partial charge is 0.454 e. The van der Waals surface area contributed by atoms with E-state index in [0.717, 1.165) is 6.07 Å². The zero-order valence-electron chi connectivity index (χ0n) is 10.6. The number of benzene rings is 1. The van der Waals surface area contributed by atoms with Gasteiger partial charge in [0.2, 0.25) is 0 Å². The number of hydrogen-bond acceptors (Lipinski definition) is 1. The Kier molecular flexibility index (Phi) is 4.28. The molecule has 0 aliphatic carbocycles. The van der Waals surface area contributed by atoms with E-state index in [-0.39, 0.29) is 11.1 Å². The van der Waals surface area contributed by atoms with Crippen molar-refractivity contribution in [2.24, 2.45) is 0 Å². The number of halogens is 6. The first-order valence-electron chi connectivity index (χ1n) is 6.14. The number of nitrogens with one attached hydrogen (secondary N) is 1. The van der Waals surface area contributed by atoms with Crippen molar-refractivity contribution < 1.29 is 26.7 Å².